The Morgan fingerprint density at radius 2 is 2.06 bits per heavy atom. The van der Waals surface area contributed by atoms with Crippen LogP contribution in [0.2, 0.25) is 0 Å². The van der Waals surface area contributed by atoms with Gasteiger partial charge in [-0.3, -0.25) is 4.79 Å². The fraction of sp³-hybridized carbons (Fsp3) is 0.364. The van der Waals surface area contributed by atoms with Crippen molar-refractivity contribution >= 4 is 43.5 Å². The van der Waals surface area contributed by atoms with E-state index in [2.05, 4.69) is 42.5 Å². The van der Waals surface area contributed by atoms with E-state index in [1.54, 1.807) is 0 Å². The van der Waals surface area contributed by atoms with Crippen LogP contribution in [0.1, 0.15) is 13.8 Å². The van der Waals surface area contributed by atoms with Crippen LogP contribution in [0.5, 0.6) is 0 Å². The second-order valence-electron chi connectivity index (χ2n) is 3.71. The van der Waals surface area contributed by atoms with Crippen molar-refractivity contribution in [2.75, 3.05) is 11.9 Å². The van der Waals surface area contributed by atoms with Gasteiger partial charge in [-0.1, -0.05) is 29.8 Å². The predicted octanol–water partition coefficient (Wildman–Crippen LogP) is 3.15. The molecule has 0 aliphatic carbocycles. The molecule has 2 N–H and O–H groups in total. The highest BCUT2D eigenvalue weighted by Gasteiger charge is 2.06. The van der Waals surface area contributed by atoms with Gasteiger partial charge in [-0.25, -0.2) is 0 Å². The van der Waals surface area contributed by atoms with Crippen LogP contribution in [-0.2, 0) is 4.79 Å². The van der Waals surface area contributed by atoms with Gasteiger partial charge in [0.15, 0.2) is 0 Å². The van der Waals surface area contributed by atoms with E-state index in [1.165, 1.54) is 0 Å². The Morgan fingerprint density at radius 3 is 2.69 bits per heavy atom. The SMILES string of the molecule is CC(C)NCC(=O)Nc1cc(Br)ccc1Br. The minimum atomic E-state index is -0.0486. The normalized spacial score (nSPS) is 10.6. The van der Waals surface area contributed by atoms with Gasteiger partial charge in [0.2, 0.25) is 5.91 Å². The molecule has 0 saturated heterocycles. The van der Waals surface area contributed by atoms with Crippen molar-refractivity contribution in [1.82, 2.24) is 5.32 Å². The largest absolute Gasteiger partial charge is 0.324 e. The van der Waals surface area contributed by atoms with Crippen LogP contribution in [0, 0.1) is 0 Å². The molecule has 16 heavy (non-hydrogen) atoms. The molecule has 5 heteroatoms. The van der Waals surface area contributed by atoms with Crippen LogP contribution in [-0.4, -0.2) is 18.5 Å². The Hall–Kier alpha value is -0.390. The summed E-state index contributed by atoms with van der Waals surface area (Å²) in [6, 6.07) is 5.95. The minimum Gasteiger partial charge on any atom is -0.324 e. The molecule has 0 heterocycles. The molecule has 88 valence electrons. The Bertz CT molecular complexity index is 380. The molecular weight excluding hydrogens is 336 g/mol. The number of hydrogen-bond donors (Lipinski definition) is 2. The summed E-state index contributed by atoms with van der Waals surface area (Å²) in [5.41, 5.74) is 0.768. The van der Waals surface area contributed by atoms with E-state index < -0.39 is 0 Å². The van der Waals surface area contributed by atoms with Gasteiger partial charge in [-0.15, -0.1) is 0 Å². The highest BCUT2D eigenvalue weighted by Crippen LogP contribution is 2.25. The average molecular weight is 350 g/mol. The lowest BCUT2D eigenvalue weighted by atomic mass is 10.3. The summed E-state index contributed by atoms with van der Waals surface area (Å²) in [5, 5.41) is 5.89. The monoisotopic (exact) mass is 348 g/mol. The standard InChI is InChI=1S/C11H14Br2N2O/c1-7(2)14-6-11(16)15-10-5-8(12)3-4-9(10)13/h3-5,7,14H,6H2,1-2H3,(H,15,16). The first kappa shape index (κ1) is 13.7. The Balaban J connectivity index is 2.59. The molecule has 0 spiro atoms. The number of rotatable bonds is 4. The van der Waals surface area contributed by atoms with Crippen molar-refractivity contribution in [2.24, 2.45) is 0 Å². The van der Waals surface area contributed by atoms with Gasteiger partial charge in [0.05, 0.1) is 12.2 Å². The molecule has 0 unspecified atom stereocenters. The van der Waals surface area contributed by atoms with Gasteiger partial charge < -0.3 is 10.6 Å². The lowest BCUT2D eigenvalue weighted by Gasteiger charge is -2.10. The number of halogens is 2. The first-order chi connectivity index (χ1) is 7.49. The Kier molecular flexibility index (Phi) is 5.44. The number of amides is 1. The molecule has 1 rings (SSSR count). The molecule has 0 aliphatic heterocycles. The highest BCUT2D eigenvalue weighted by atomic mass is 79.9. The zero-order valence-corrected chi connectivity index (χ0v) is 12.4. The molecule has 1 aromatic carbocycles. The van der Waals surface area contributed by atoms with E-state index in [0.29, 0.717) is 12.6 Å². The number of anilines is 1. The summed E-state index contributed by atoms with van der Waals surface area (Å²) in [6.45, 7) is 4.32. The fourth-order valence-electron chi connectivity index (χ4n) is 1.08. The number of carbonyl (C=O) groups excluding carboxylic acids is 1. The number of benzene rings is 1. The second kappa shape index (κ2) is 6.37. The summed E-state index contributed by atoms with van der Waals surface area (Å²) in [5.74, 6) is -0.0486. The van der Waals surface area contributed by atoms with E-state index in [-0.39, 0.29) is 5.91 Å². The van der Waals surface area contributed by atoms with Crippen LogP contribution >= 0.6 is 31.9 Å². The molecule has 0 bridgehead atoms. The first-order valence-corrected chi connectivity index (χ1v) is 6.56. The molecule has 0 fully saturated rings. The topological polar surface area (TPSA) is 41.1 Å². The zero-order valence-electron chi connectivity index (χ0n) is 9.18. The van der Waals surface area contributed by atoms with Crippen LogP contribution < -0.4 is 10.6 Å². The van der Waals surface area contributed by atoms with Crippen molar-refractivity contribution in [3.8, 4) is 0 Å². The van der Waals surface area contributed by atoms with Crippen LogP contribution in [0.15, 0.2) is 27.1 Å². The second-order valence-corrected chi connectivity index (χ2v) is 5.48. The van der Waals surface area contributed by atoms with E-state index >= 15 is 0 Å². The fourth-order valence-corrected chi connectivity index (χ4v) is 1.79. The molecule has 0 atom stereocenters. The zero-order chi connectivity index (χ0) is 12.1. The number of nitrogens with one attached hydrogen (secondary N) is 2. The minimum absolute atomic E-state index is 0.0486. The maximum Gasteiger partial charge on any atom is 0.238 e. The summed E-state index contributed by atoms with van der Waals surface area (Å²) in [6.07, 6.45) is 0. The van der Waals surface area contributed by atoms with Gasteiger partial charge in [0.25, 0.3) is 0 Å². The van der Waals surface area contributed by atoms with E-state index in [9.17, 15) is 4.79 Å². The Morgan fingerprint density at radius 1 is 1.38 bits per heavy atom. The summed E-state index contributed by atoms with van der Waals surface area (Å²) in [4.78, 5) is 11.6. The quantitative estimate of drug-likeness (QED) is 0.876. The van der Waals surface area contributed by atoms with Gasteiger partial charge >= 0.3 is 0 Å². The molecule has 0 saturated carbocycles. The predicted molar refractivity (Wildman–Crippen MR) is 73.6 cm³/mol. The van der Waals surface area contributed by atoms with Crippen molar-refractivity contribution in [1.29, 1.82) is 0 Å². The van der Waals surface area contributed by atoms with Gasteiger partial charge in [-0.2, -0.15) is 0 Å². The van der Waals surface area contributed by atoms with E-state index in [0.717, 1.165) is 14.6 Å². The lowest BCUT2D eigenvalue weighted by molar-refractivity contribution is -0.115. The third kappa shape index (κ3) is 4.63. The molecule has 0 aromatic heterocycles. The van der Waals surface area contributed by atoms with Crippen molar-refractivity contribution in [3.63, 3.8) is 0 Å². The molecule has 0 radical (unpaired) electrons. The molecule has 1 aromatic rings. The van der Waals surface area contributed by atoms with Crippen LogP contribution in [0.25, 0.3) is 0 Å². The maximum atomic E-state index is 11.6. The molecule has 1 amide bonds. The third-order valence-corrected chi connectivity index (χ3v) is 3.06. The van der Waals surface area contributed by atoms with Crippen molar-refractivity contribution in [2.45, 2.75) is 19.9 Å². The van der Waals surface area contributed by atoms with Gasteiger partial charge in [-0.05, 0) is 34.1 Å². The lowest BCUT2D eigenvalue weighted by Crippen LogP contribution is -2.32. The number of hydrogen-bond acceptors (Lipinski definition) is 2. The van der Waals surface area contributed by atoms with E-state index in [4.69, 9.17) is 0 Å². The summed E-state index contributed by atoms with van der Waals surface area (Å²) in [7, 11) is 0. The average Bonchev–Trinajstić information content (AvgIpc) is 2.20. The van der Waals surface area contributed by atoms with Gasteiger partial charge in [0, 0.05) is 15.0 Å². The molecule has 0 aliphatic rings. The van der Waals surface area contributed by atoms with E-state index in [1.807, 2.05) is 32.0 Å². The first-order valence-electron chi connectivity index (χ1n) is 4.97. The highest BCUT2D eigenvalue weighted by molar-refractivity contribution is 9.11. The third-order valence-electron chi connectivity index (χ3n) is 1.87. The van der Waals surface area contributed by atoms with Crippen LogP contribution in [0.4, 0.5) is 5.69 Å². The summed E-state index contributed by atoms with van der Waals surface area (Å²) < 4.78 is 1.80. The van der Waals surface area contributed by atoms with Crippen LogP contribution in [0.3, 0.4) is 0 Å². The van der Waals surface area contributed by atoms with Crippen molar-refractivity contribution < 1.29 is 4.79 Å². The van der Waals surface area contributed by atoms with Gasteiger partial charge in [0.1, 0.15) is 0 Å². The molecular formula is C11H14Br2N2O. The molecule has 3 nitrogen and oxygen atoms in total. The number of carbonyl (C=O) groups is 1. The maximum absolute atomic E-state index is 11.6. The smallest absolute Gasteiger partial charge is 0.238 e. The van der Waals surface area contributed by atoms with Crippen molar-refractivity contribution in [3.05, 3.63) is 27.1 Å². The summed E-state index contributed by atoms with van der Waals surface area (Å²) >= 11 is 6.74. The Labute approximate surface area is 112 Å².